The SMILES string of the molecule is O=C(NC1N=c2cccc(Br)[n+]2=N1)C1CC1. The van der Waals surface area contributed by atoms with Crippen LogP contribution in [0.15, 0.2) is 32.9 Å². The highest BCUT2D eigenvalue weighted by Crippen LogP contribution is 2.28. The number of hydrogen-bond donors (Lipinski definition) is 1. The number of hydrogen-bond acceptors (Lipinski definition) is 3. The number of halogens is 1. The first-order chi connectivity index (χ1) is 7.74. The first kappa shape index (κ1) is 9.89. The van der Waals surface area contributed by atoms with Crippen molar-refractivity contribution in [1.82, 2.24) is 5.32 Å². The van der Waals surface area contributed by atoms with Gasteiger partial charge in [-0.2, -0.15) is 0 Å². The third-order valence-corrected chi connectivity index (χ3v) is 3.20. The van der Waals surface area contributed by atoms with Gasteiger partial charge in [0, 0.05) is 12.0 Å². The highest BCUT2D eigenvalue weighted by molar-refractivity contribution is 9.10. The van der Waals surface area contributed by atoms with Gasteiger partial charge in [0.05, 0.1) is 0 Å². The molecule has 2 heterocycles. The largest absolute Gasteiger partial charge is 0.348 e. The average Bonchev–Trinajstić information content (AvgIpc) is 3.01. The van der Waals surface area contributed by atoms with Gasteiger partial charge >= 0.3 is 11.8 Å². The maximum Gasteiger partial charge on any atom is 0.348 e. The summed E-state index contributed by atoms with van der Waals surface area (Å²) in [4.78, 5) is 15.8. The molecular formula is C10H10BrN4O+. The monoisotopic (exact) mass is 281 g/mol. The fourth-order valence-electron chi connectivity index (χ4n) is 1.59. The third kappa shape index (κ3) is 1.73. The van der Waals surface area contributed by atoms with Gasteiger partial charge in [0.1, 0.15) is 0 Å². The van der Waals surface area contributed by atoms with E-state index in [0.29, 0.717) is 0 Å². The fraction of sp³-hybridized carbons (Fsp3) is 0.400. The number of amides is 1. The molecule has 0 spiro atoms. The van der Waals surface area contributed by atoms with Gasteiger partial charge in [-0.3, -0.25) is 10.1 Å². The molecule has 6 heteroatoms. The zero-order chi connectivity index (χ0) is 11.1. The zero-order valence-corrected chi connectivity index (χ0v) is 10.0. The summed E-state index contributed by atoms with van der Waals surface area (Å²) in [6, 6.07) is 5.63. The Balaban J connectivity index is 1.86. The summed E-state index contributed by atoms with van der Waals surface area (Å²) in [6.07, 6.45) is 1.50. The van der Waals surface area contributed by atoms with Gasteiger partial charge < -0.3 is 0 Å². The van der Waals surface area contributed by atoms with Crippen LogP contribution in [0, 0.1) is 5.92 Å². The molecule has 0 bridgehead atoms. The zero-order valence-electron chi connectivity index (χ0n) is 8.43. The van der Waals surface area contributed by atoms with Gasteiger partial charge in [0.25, 0.3) is 0 Å². The van der Waals surface area contributed by atoms with E-state index in [1.807, 2.05) is 18.2 Å². The second-order valence-corrected chi connectivity index (χ2v) is 4.73. The normalized spacial score (nSPS) is 21.9. The third-order valence-electron chi connectivity index (χ3n) is 2.60. The first-order valence-corrected chi connectivity index (χ1v) is 5.96. The Hall–Kier alpha value is -1.30. The van der Waals surface area contributed by atoms with Crippen molar-refractivity contribution < 1.29 is 9.16 Å². The Bertz CT molecular complexity index is 567. The Kier molecular flexibility index (Phi) is 2.24. The molecule has 3 rings (SSSR count). The lowest BCUT2D eigenvalue weighted by molar-refractivity contribution is -0.572. The quantitative estimate of drug-likeness (QED) is 0.612. The van der Waals surface area contributed by atoms with Crippen molar-refractivity contribution in [2.75, 3.05) is 0 Å². The molecule has 1 fully saturated rings. The Morgan fingerprint density at radius 2 is 2.31 bits per heavy atom. The van der Waals surface area contributed by atoms with Crippen LogP contribution in [0.5, 0.6) is 0 Å². The topological polar surface area (TPSA) is 59.7 Å². The molecule has 1 unspecified atom stereocenters. The van der Waals surface area contributed by atoms with E-state index in [4.69, 9.17) is 0 Å². The number of nitrogens with zero attached hydrogens (tertiary/aromatic N) is 3. The average molecular weight is 282 g/mol. The molecule has 1 aromatic heterocycles. The molecule has 0 radical (unpaired) electrons. The van der Waals surface area contributed by atoms with Crippen LogP contribution in [0.2, 0.25) is 0 Å². The Labute approximate surface area is 100 Å². The smallest absolute Gasteiger partial charge is 0.292 e. The van der Waals surface area contributed by atoms with E-state index in [1.165, 1.54) is 0 Å². The molecule has 1 aromatic rings. The number of nitrogens with one attached hydrogen (secondary N) is 1. The van der Waals surface area contributed by atoms with Crippen LogP contribution in [-0.2, 0) is 4.79 Å². The number of aromatic nitrogens is 1. The Morgan fingerprint density at radius 3 is 3.00 bits per heavy atom. The van der Waals surface area contributed by atoms with E-state index < -0.39 is 6.29 Å². The van der Waals surface area contributed by atoms with Crippen LogP contribution in [0.3, 0.4) is 0 Å². The van der Waals surface area contributed by atoms with Crippen LogP contribution >= 0.6 is 15.9 Å². The highest BCUT2D eigenvalue weighted by Gasteiger charge is 2.33. The van der Waals surface area contributed by atoms with E-state index >= 15 is 0 Å². The molecule has 1 N–H and O–H groups in total. The highest BCUT2D eigenvalue weighted by atomic mass is 79.9. The fourth-order valence-corrected chi connectivity index (χ4v) is 2.01. The molecule has 1 saturated carbocycles. The van der Waals surface area contributed by atoms with E-state index in [9.17, 15) is 4.79 Å². The maximum atomic E-state index is 11.5. The van der Waals surface area contributed by atoms with Gasteiger partial charge in [-0.05, 0) is 51.0 Å². The molecule has 0 aromatic carbocycles. The number of pyridine rings is 1. The van der Waals surface area contributed by atoms with Crippen molar-refractivity contribution in [3.8, 4) is 0 Å². The van der Waals surface area contributed by atoms with Gasteiger partial charge in [-0.15, -0.1) is 0 Å². The van der Waals surface area contributed by atoms with Crippen LogP contribution in [0.4, 0.5) is 0 Å². The standard InChI is InChI=1S/C10H9BrN4O/c11-7-2-1-3-8-12-10(14-15(7)8)13-9(16)6-4-5-6/h1-3,6,10H,4-5H2/p+1. The molecule has 2 aliphatic rings. The molecule has 1 aliphatic heterocycles. The van der Waals surface area contributed by atoms with Crippen molar-refractivity contribution in [3.05, 3.63) is 28.3 Å². The van der Waals surface area contributed by atoms with Gasteiger partial charge in [0.2, 0.25) is 5.91 Å². The summed E-state index contributed by atoms with van der Waals surface area (Å²) in [5.41, 5.74) is 0.746. The first-order valence-electron chi connectivity index (χ1n) is 5.17. The second-order valence-electron chi connectivity index (χ2n) is 3.92. The predicted molar refractivity (Wildman–Crippen MR) is 58.0 cm³/mol. The van der Waals surface area contributed by atoms with Gasteiger partial charge in [-0.25, -0.2) is 0 Å². The molecule has 0 saturated heterocycles. The van der Waals surface area contributed by atoms with Crippen LogP contribution in [0.1, 0.15) is 12.8 Å². The summed E-state index contributed by atoms with van der Waals surface area (Å²) in [6.45, 7) is 0. The van der Waals surface area contributed by atoms with E-state index in [-0.39, 0.29) is 11.8 Å². The van der Waals surface area contributed by atoms with E-state index in [2.05, 4.69) is 31.4 Å². The molecule has 16 heavy (non-hydrogen) atoms. The molecule has 82 valence electrons. The summed E-state index contributed by atoms with van der Waals surface area (Å²) in [5, 5.41) is 7.07. The number of rotatable bonds is 2. The lowest BCUT2D eigenvalue weighted by atomic mass is 10.4. The number of carbonyl (C=O) groups excluding carboxylic acids is 1. The molecule has 5 nitrogen and oxygen atoms in total. The van der Waals surface area contributed by atoms with Crippen molar-refractivity contribution in [1.29, 1.82) is 0 Å². The molecule has 1 aliphatic carbocycles. The minimum absolute atomic E-state index is 0.0574. The Morgan fingerprint density at radius 1 is 1.50 bits per heavy atom. The van der Waals surface area contributed by atoms with Gasteiger partial charge in [0.15, 0.2) is 4.60 Å². The molecule has 1 atom stereocenters. The maximum absolute atomic E-state index is 11.5. The summed E-state index contributed by atoms with van der Waals surface area (Å²) >= 11 is 3.38. The van der Waals surface area contributed by atoms with E-state index in [0.717, 1.165) is 22.9 Å². The van der Waals surface area contributed by atoms with Crippen LogP contribution in [0.25, 0.3) is 0 Å². The minimum atomic E-state index is -0.480. The van der Waals surface area contributed by atoms with Crippen molar-refractivity contribution in [2.24, 2.45) is 16.0 Å². The summed E-state index contributed by atoms with van der Waals surface area (Å²) < 4.78 is 2.51. The minimum Gasteiger partial charge on any atom is -0.292 e. The van der Waals surface area contributed by atoms with Crippen molar-refractivity contribution in [3.63, 3.8) is 0 Å². The van der Waals surface area contributed by atoms with Crippen molar-refractivity contribution >= 4 is 21.8 Å². The van der Waals surface area contributed by atoms with Crippen LogP contribution < -0.4 is 15.2 Å². The van der Waals surface area contributed by atoms with Crippen LogP contribution in [-0.4, -0.2) is 12.2 Å². The molecular weight excluding hydrogens is 272 g/mol. The lowest BCUT2D eigenvalue weighted by Crippen LogP contribution is -2.35. The number of fused-ring (bicyclic) bond motifs is 1. The van der Waals surface area contributed by atoms with Crippen molar-refractivity contribution in [2.45, 2.75) is 19.1 Å². The molecule has 1 amide bonds. The van der Waals surface area contributed by atoms with E-state index in [1.54, 1.807) is 4.36 Å². The lowest BCUT2D eigenvalue weighted by Gasteiger charge is -1.99. The summed E-state index contributed by atoms with van der Waals surface area (Å²) in [5.74, 6) is 0.240. The summed E-state index contributed by atoms with van der Waals surface area (Å²) in [7, 11) is 0. The number of carbonyl (C=O) groups is 1. The second kappa shape index (κ2) is 3.62. The van der Waals surface area contributed by atoms with Gasteiger partial charge in [-0.1, -0.05) is 4.36 Å². The predicted octanol–water partition coefficient (Wildman–Crippen LogP) is 0.211.